The van der Waals surface area contributed by atoms with Gasteiger partial charge in [-0.3, -0.25) is 0 Å². The van der Waals surface area contributed by atoms with E-state index in [1.807, 2.05) is 18.2 Å². The van der Waals surface area contributed by atoms with E-state index < -0.39 is 0 Å². The number of methoxy groups -OCH3 is 1. The normalized spacial score (nSPS) is 12.4. The smallest absolute Gasteiger partial charge is 0.123 e. The van der Waals surface area contributed by atoms with Crippen LogP contribution in [0, 0.1) is 0 Å². The molecular formula is C15H18ClNOS. The van der Waals surface area contributed by atoms with Crippen molar-refractivity contribution in [1.29, 1.82) is 0 Å². The number of nitrogens with one attached hydrogen (secondary N) is 1. The van der Waals surface area contributed by atoms with Crippen molar-refractivity contribution in [2.45, 2.75) is 25.9 Å². The fraction of sp³-hybridized carbons (Fsp3) is 0.333. The molecule has 1 atom stereocenters. The van der Waals surface area contributed by atoms with E-state index in [4.69, 9.17) is 16.3 Å². The third-order valence-electron chi connectivity index (χ3n) is 3.01. The van der Waals surface area contributed by atoms with E-state index in [0.717, 1.165) is 29.3 Å². The van der Waals surface area contributed by atoms with Gasteiger partial charge < -0.3 is 10.1 Å². The third kappa shape index (κ3) is 4.23. The second-order valence-electron chi connectivity index (χ2n) is 4.57. The first-order valence-electron chi connectivity index (χ1n) is 6.26. The van der Waals surface area contributed by atoms with Gasteiger partial charge in [-0.25, -0.2) is 0 Å². The maximum absolute atomic E-state index is 6.02. The molecule has 2 aromatic rings. The molecule has 0 aliphatic heterocycles. The Morgan fingerprint density at radius 3 is 2.89 bits per heavy atom. The first-order valence-corrected chi connectivity index (χ1v) is 7.58. The summed E-state index contributed by atoms with van der Waals surface area (Å²) in [5.41, 5.74) is 2.47. The van der Waals surface area contributed by atoms with Gasteiger partial charge in [0.1, 0.15) is 5.75 Å². The van der Waals surface area contributed by atoms with Gasteiger partial charge in [0.2, 0.25) is 0 Å². The Bertz CT molecular complexity index is 513. The Balaban J connectivity index is 1.92. The van der Waals surface area contributed by atoms with Crippen LogP contribution in [0.2, 0.25) is 5.02 Å². The van der Waals surface area contributed by atoms with Crippen molar-refractivity contribution in [3.63, 3.8) is 0 Å². The predicted molar refractivity (Wildman–Crippen MR) is 82.3 cm³/mol. The Morgan fingerprint density at radius 2 is 2.21 bits per heavy atom. The highest BCUT2D eigenvalue weighted by molar-refractivity contribution is 7.07. The molecule has 0 aliphatic rings. The number of rotatable bonds is 6. The van der Waals surface area contributed by atoms with E-state index in [1.54, 1.807) is 18.4 Å². The lowest BCUT2D eigenvalue weighted by Gasteiger charge is -2.15. The first-order chi connectivity index (χ1) is 9.19. The highest BCUT2D eigenvalue weighted by atomic mass is 35.5. The summed E-state index contributed by atoms with van der Waals surface area (Å²) in [5.74, 6) is 0.875. The fourth-order valence-corrected chi connectivity index (χ4v) is 2.88. The summed E-state index contributed by atoms with van der Waals surface area (Å²) in [4.78, 5) is 0. The van der Waals surface area contributed by atoms with Crippen molar-refractivity contribution in [2.75, 3.05) is 7.11 Å². The number of ether oxygens (including phenoxy) is 1. The maximum Gasteiger partial charge on any atom is 0.123 e. The van der Waals surface area contributed by atoms with Crippen LogP contribution in [0.25, 0.3) is 0 Å². The molecule has 1 aromatic carbocycles. The summed E-state index contributed by atoms with van der Waals surface area (Å²) in [5, 5.41) is 8.55. The van der Waals surface area contributed by atoms with E-state index in [0.29, 0.717) is 6.04 Å². The van der Waals surface area contributed by atoms with E-state index in [9.17, 15) is 0 Å². The van der Waals surface area contributed by atoms with Gasteiger partial charge in [0.05, 0.1) is 7.11 Å². The molecule has 2 rings (SSSR count). The second kappa shape index (κ2) is 6.94. The molecule has 1 aromatic heterocycles. The number of halogens is 1. The summed E-state index contributed by atoms with van der Waals surface area (Å²) in [6.45, 7) is 2.95. The quantitative estimate of drug-likeness (QED) is 0.865. The molecule has 1 heterocycles. The van der Waals surface area contributed by atoms with Crippen LogP contribution < -0.4 is 10.1 Å². The minimum atomic E-state index is 0.415. The number of hydrogen-bond donors (Lipinski definition) is 1. The SMILES string of the molecule is COc1ccc(Cl)cc1CNC(C)Cc1ccsc1. The minimum Gasteiger partial charge on any atom is -0.496 e. The van der Waals surface area contributed by atoms with Crippen molar-refractivity contribution >= 4 is 22.9 Å². The van der Waals surface area contributed by atoms with E-state index in [-0.39, 0.29) is 0 Å². The highest BCUT2D eigenvalue weighted by Gasteiger charge is 2.07. The average molecular weight is 296 g/mol. The third-order valence-corrected chi connectivity index (χ3v) is 3.97. The lowest BCUT2D eigenvalue weighted by atomic mass is 10.1. The number of thiophene rings is 1. The molecule has 0 saturated heterocycles. The summed E-state index contributed by atoms with van der Waals surface area (Å²) in [7, 11) is 1.68. The van der Waals surface area contributed by atoms with Gasteiger partial charge >= 0.3 is 0 Å². The number of hydrogen-bond acceptors (Lipinski definition) is 3. The molecule has 2 nitrogen and oxygen atoms in total. The van der Waals surface area contributed by atoms with Gasteiger partial charge in [-0.05, 0) is 53.9 Å². The summed E-state index contributed by atoms with van der Waals surface area (Å²) >= 11 is 7.76. The number of benzene rings is 1. The maximum atomic E-state index is 6.02. The second-order valence-corrected chi connectivity index (χ2v) is 5.79. The monoisotopic (exact) mass is 295 g/mol. The topological polar surface area (TPSA) is 21.3 Å². The van der Waals surface area contributed by atoms with Gasteiger partial charge in [0, 0.05) is 23.2 Å². The van der Waals surface area contributed by atoms with Gasteiger partial charge in [-0.15, -0.1) is 0 Å². The zero-order chi connectivity index (χ0) is 13.7. The summed E-state index contributed by atoms with van der Waals surface area (Å²) in [6.07, 6.45) is 1.03. The minimum absolute atomic E-state index is 0.415. The van der Waals surface area contributed by atoms with Gasteiger partial charge in [0.25, 0.3) is 0 Å². The molecule has 0 fully saturated rings. The van der Waals surface area contributed by atoms with Gasteiger partial charge in [0.15, 0.2) is 0 Å². The average Bonchev–Trinajstić information content (AvgIpc) is 2.89. The van der Waals surface area contributed by atoms with Crippen LogP contribution in [0.4, 0.5) is 0 Å². The van der Waals surface area contributed by atoms with E-state index in [1.165, 1.54) is 5.56 Å². The highest BCUT2D eigenvalue weighted by Crippen LogP contribution is 2.22. The molecule has 102 valence electrons. The van der Waals surface area contributed by atoms with Crippen LogP contribution in [-0.2, 0) is 13.0 Å². The first kappa shape index (κ1) is 14.4. The fourth-order valence-electron chi connectivity index (χ4n) is 2.00. The molecule has 19 heavy (non-hydrogen) atoms. The Labute approximate surface area is 123 Å². The lowest BCUT2D eigenvalue weighted by molar-refractivity contribution is 0.405. The van der Waals surface area contributed by atoms with Crippen molar-refractivity contribution < 1.29 is 4.74 Å². The van der Waals surface area contributed by atoms with Crippen molar-refractivity contribution in [1.82, 2.24) is 5.32 Å². The van der Waals surface area contributed by atoms with E-state index in [2.05, 4.69) is 29.1 Å². The summed E-state index contributed by atoms with van der Waals surface area (Å²) in [6, 6.07) is 8.29. The molecule has 0 radical (unpaired) electrons. The molecular weight excluding hydrogens is 278 g/mol. The van der Waals surface area contributed by atoms with Crippen molar-refractivity contribution in [2.24, 2.45) is 0 Å². The van der Waals surface area contributed by atoms with Gasteiger partial charge in [-0.1, -0.05) is 11.6 Å². The van der Waals surface area contributed by atoms with Crippen LogP contribution in [-0.4, -0.2) is 13.2 Å². The van der Waals surface area contributed by atoms with Crippen LogP contribution in [0.15, 0.2) is 35.0 Å². The van der Waals surface area contributed by atoms with Gasteiger partial charge in [-0.2, -0.15) is 11.3 Å². The molecule has 0 spiro atoms. The standard InChI is InChI=1S/C15H18ClNOS/c1-11(7-12-5-6-19-10-12)17-9-13-8-14(16)3-4-15(13)18-2/h3-6,8,10-11,17H,7,9H2,1-2H3. The zero-order valence-electron chi connectivity index (χ0n) is 11.2. The molecule has 0 saturated carbocycles. The van der Waals surface area contributed by atoms with Crippen LogP contribution in [0.1, 0.15) is 18.1 Å². The zero-order valence-corrected chi connectivity index (χ0v) is 12.7. The molecule has 0 bridgehead atoms. The van der Waals surface area contributed by atoms with E-state index >= 15 is 0 Å². The predicted octanol–water partition coefficient (Wildman–Crippen LogP) is 4.13. The lowest BCUT2D eigenvalue weighted by Crippen LogP contribution is -2.27. The van der Waals surface area contributed by atoms with Crippen LogP contribution in [0.3, 0.4) is 0 Å². The molecule has 1 unspecified atom stereocenters. The molecule has 1 N–H and O–H groups in total. The van der Waals surface area contributed by atoms with Crippen molar-refractivity contribution in [3.05, 3.63) is 51.2 Å². The largest absolute Gasteiger partial charge is 0.496 e. The van der Waals surface area contributed by atoms with Crippen LogP contribution >= 0.6 is 22.9 Å². The van der Waals surface area contributed by atoms with Crippen molar-refractivity contribution in [3.8, 4) is 5.75 Å². The molecule has 0 amide bonds. The molecule has 4 heteroatoms. The Hall–Kier alpha value is -1.03. The van der Waals surface area contributed by atoms with Crippen LogP contribution in [0.5, 0.6) is 5.75 Å². The summed E-state index contributed by atoms with van der Waals surface area (Å²) < 4.78 is 5.34. The Kier molecular flexibility index (Phi) is 5.25. The Morgan fingerprint density at radius 1 is 1.37 bits per heavy atom. The molecule has 0 aliphatic carbocycles.